The average molecular weight is 174 g/mol. The van der Waals surface area contributed by atoms with Crippen LogP contribution in [0.2, 0.25) is 0 Å². The number of carbonyl (C=O) groups is 1. The van der Waals surface area contributed by atoms with Crippen LogP contribution in [0.4, 0.5) is 0 Å². The smallest absolute Gasteiger partial charge is 0.140 e. The van der Waals surface area contributed by atoms with E-state index in [1.165, 1.54) is 11.1 Å². The fraction of sp³-hybridized carbons (Fsp3) is 0.417. The first-order chi connectivity index (χ1) is 6.31. The number of ketones is 1. The van der Waals surface area contributed by atoms with Gasteiger partial charge in [0.25, 0.3) is 0 Å². The molecule has 1 aromatic carbocycles. The molecular weight excluding hydrogens is 160 g/mol. The Balaban J connectivity index is 2.33. The molecule has 1 aliphatic rings. The van der Waals surface area contributed by atoms with Gasteiger partial charge < -0.3 is 0 Å². The van der Waals surface area contributed by atoms with Crippen LogP contribution < -0.4 is 0 Å². The standard InChI is InChI=1S/C12H14O/c1-2-9-7-10-5-3-4-6-11(10)8-12(9)13/h3-6,9H,2,7-8H2,1H3/t9-/m1/s1. The van der Waals surface area contributed by atoms with Crippen molar-refractivity contribution in [2.75, 3.05) is 0 Å². The molecule has 1 aliphatic carbocycles. The molecule has 2 rings (SSSR count). The third kappa shape index (κ3) is 1.51. The van der Waals surface area contributed by atoms with Gasteiger partial charge in [-0.1, -0.05) is 31.2 Å². The van der Waals surface area contributed by atoms with Gasteiger partial charge in [0.15, 0.2) is 0 Å². The summed E-state index contributed by atoms with van der Waals surface area (Å²) >= 11 is 0. The summed E-state index contributed by atoms with van der Waals surface area (Å²) in [5, 5.41) is 0. The summed E-state index contributed by atoms with van der Waals surface area (Å²) in [6, 6.07) is 8.28. The van der Waals surface area contributed by atoms with Crippen LogP contribution in [-0.2, 0) is 17.6 Å². The Morgan fingerprint density at radius 2 is 2.00 bits per heavy atom. The summed E-state index contributed by atoms with van der Waals surface area (Å²) in [4.78, 5) is 11.6. The van der Waals surface area contributed by atoms with Crippen LogP contribution in [0, 0.1) is 5.92 Å². The van der Waals surface area contributed by atoms with Crippen molar-refractivity contribution in [2.45, 2.75) is 26.2 Å². The molecule has 13 heavy (non-hydrogen) atoms. The molecule has 1 heteroatoms. The van der Waals surface area contributed by atoms with E-state index in [-0.39, 0.29) is 5.92 Å². The number of hydrogen-bond acceptors (Lipinski definition) is 1. The zero-order valence-corrected chi connectivity index (χ0v) is 7.92. The van der Waals surface area contributed by atoms with Crippen molar-refractivity contribution >= 4 is 5.78 Å². The molecule has 0 saturated carbocycles. The van der Waals surface area contributed by atoms with Gasteiger partial charge >= 0.3 is 0 Å². The molecule has 0 heterocycles. The van der Waals surface area contributed by atoms with Crippen molar-refractivity contribution in [1.29, 1.82) is 0 Å². The van der Waals surface area contributed by atoms with Crippen LogP contribution in [0.15, 0.2) is 24.3 Å². The van der Waals surface area contributed by atoms with Crippen LogP contribution in [0.5, 0.6) is 0 Å². The van der Waals surface area contributed by atoms with Crippen LogP contribution in [-0.4, -0.2) is 5.78 Å². The molecule has 68 valence electrons. The zero-order chi connectivity index (χ0) is 9.26. The Kier molecular flexibility index (Phi) is 2.17. The maximum Gasteiger partial charge on any atom is 0.140 e. The predicted octanol–water partition coefficient (Wildman–Crippen LogP) is 2.38. The molecule has 0 unspecified atom stereocenters. The maximum atomic E-state index is 11.6. The second-order valence-corrected chi connectivity index (χ2v) is 3.72. The van der Waals surface area contributed by atoms with E-state index in [1.807, 2.05) is 6.07 Å². The van der Waals surface area contributed by atoms with Gasteiger partial charge in [0, 0.05) is 12.3 Å². The molecule has 0 fully saturated rings. The minimum Gasteiger partial charge on any atom is -0.299 e. The number of carbonyl (C=O) groups excluding carboxylic acids is 1. The third-order valence-corrected chi connectivity index (χ3v) is 2.90. The fourth-order valence-electron chi connectivity index (χ4n) is 2.01. The fourth-order valence-corrected chi connectivity index (χ4v) is 2.01. The van der Waals surface area contributed by atoms with Gasteiger partial charge in [0.2, 0.25) is 0 Å². The lowest BCUT2D eigenvalue weighted by Gasteiger charge is -2.21. The number of rotatable bonds is 1. The monoisotopic (exact) mass is 174 g/mol. The normalized spacial score (nSPS) is 21.3. The van der Waals surface area contributed by atoms with Crippen molar-refractivity contribution in [1.82, 2.24) is 0 Å². The van der Waals surface area contributed by atoms with Crippen LogP contribution in [0.25, 0.3) is 0 Å². The van der Waals surface area contributed by atoms with Gasteiger partial charge in [0.1, 0.15) is 5.78 Å². The maximum absolute atomic E-state index is 11.6. The predicted molar refractivity (Wildman–Crippen MR) is 52.6 cm³/mol. The summed E-state index contributed by atoms with van der Waals surface area (Å²) in [6.45, 7) is 2.09. The first-order valence-corrected chi connectivity index (χ1v) is 4.90. The lowest BCUT2D eigenvalue weighted by Crippen LogP contribution is -2.24. The molecule has 0 aromatic heterocycles. The molecule has 0 spiro atoms. The molecule has 0 bridgehead atoms. The summed E-state index contributed by atoms with van der Waals surface area (Å²) < 4.78 is 0. The highest BCUT2D eigenvalue weighted by molar-refractivity contribution is 5.85. The lowest BCUT2D eigenvalue weighted by atomic mass is 9.82. The number of fused-ring (bicyclic) bond motifs is 1. The van der Waals surface area contributed by atoms with Crippen molar-refractivity contribution < 1.29 is 4.79 Å². The summed E-state index contributed by atoms with van der Waals surface area (Å²) in [7, 11) is 0. The third-order valence-electron chi connectivity index (χ3n) is 2.90. The van der Waals surface area contributed by atoms with E-state index >= 15 is 0 Å². The molecule has 0 N–H and O–H groups in total. The van der Waals surface area contributed by atoms with E-state index in [0.717, 1.165) is 12.8 Å². The SMILES string of the molecule is CC[C@@H]1Cc2ccccc2CC1=O. The number of Topliss-reactive ketones (excluding diaryl/α,β-unsaturated/α-hetero) is 1. The van der Waals surface area contributed by atoms with E-state index in [4.69, 9.17) is 0 Å². The van der Waals surface area contributed by atoms with Gasteiger partial charge in [-0.15, -0.1) is 0 Å². The molecular formula is C12H14O. The Bertz CT molecular complexity index is 328. The van der Waals surface area contributed by atoms with E-state index in [9.17, 15) is 4.79 Å². The summed E-state index contributed by atoms with van der Waals surface area (Å²) in [6.07, 6.45) is 2.58. The second kappa shape index (κ2) is 3.33. The molecule has 1 atom stereocenters. The largest absolute Gasteiger partial charge is 0.299 e. The number of hydrogen-bond donors (Lipinski definition) is 0. The van der Waals surface area contributed by atoms with Gasteiger partial charge in [-0.05, 0) is 24.0 Å². The van der Waals surface area contributed by atoms with Crippen LogP contribution in [0.1, 0.15) is 24.5 Å². The van der Waals surface area contributed by atoms with Crippen molar-refractivity contribution in [3.8, 4) is 0 Å². The second-order valence-electron chi connectivity index (χ2n) is 3.72. The Morgan fingerprint density at radius 1 is 1.31 bits per heavy atom. The quantitative estimate of drug-likeness (QED) is 0.639. The van der Waals surface area contributed by atoms with Gasteiger partial charge in [-0.3, -0.25) is 4.79 Å². The van der Waals surface area contributed by atoms with E-state index in [2.05, 4.69) is 25.1 Å². The first-order valence-electron chi connectivity index (χ1n) is 4.90. The highest BCUT2D eigenvalue weighted by Crippen LogP contribution is 2.24. The van der Waals surface area contributed by atoms with Crippen molar-refractivity contribution in [3.63, 3.8) is 0 Å². The van der Waals surface area contributed by atoms with Gasteiger partial charge in [0.05, 0.1) is 0 Å². The molecule has 0 amide bonds. The van der Waals surface area contributed by atoms with Crippen molar-refractivity contribution in [2.24, 2.45) is 5.92 Å². The van der Waals surface area contributed by atoms with Crippen LogP contribution >= 0.6 is 0 Å². The highest BCUT2D eigenvalue weighted by Gasteiger charge is 2.23. The molecule has 0 saturated heterocycles. The Hall–Kier alpha value is -1.11. The van der Waals surface area contributed by atoms with Gasteiger partial charge in [-0.2, -0.15) is 0 Å². The lowest BCUT2D eigenvalue weighted by molar-refractivity contribution is -0.122. The number of benzene rings is 1. The van der Waals surface area contributed by atoms with Crippen LogP contribution in [0.3, 0.4) is 0 Å². The first kappa shape index (κ1) is 8.49. The molecule has 0 radical (unpaired) electrons. The Labute approximate surface area is 78.8 Å². The molecule has 1 aromatic rings. The summed E-state index contributed by atoms with van der Waals surface area (Å²) in [5.74, 6) is 0.691. The summed E-state index contributed by atoms with van der Waals surface area (Å²) in [5.41, 5.74) is 2.60. The van der Waals surface area contributed by atoms with E-state index in [1.54, 1.807) is 0 Å². The van der Waals surface area contributed by atoms with Crippen molar-refractivity contribution in [3.05, 3.63) is 35.4 Å². The molecule has 1 nitrogen and oxygen atoms in total. The molecule has 0 aliphatic heterocycles. The highest BCUT2D eigenvalue weighted by atomic mass is 16.1. The minimum atomic E-state index is 0.273. The zero-order valence-electron chi connectivity index (χ0n) is 7.92. The minimum absolute atomic E-state index is 0.273. The Morgan fingerprint density at radius 3 is 2.69 bits per heavy atom. The van der Waals surface area contributed by atoms with E-state index < -0.39 is 0 Å². The topological polar surface area (TPSA) is 17.1 Å². The average Bonchev–Trinajstić information content (AvgIpc) is 2.17. The van der Waals surface area contributed by atoms with Gasteiger partial charge in [-0.25, -0.2) is 0 Å². The van der Waals surface area contributed by atoms with E-state index in [0.29, 0.717) is 12.2 Å².